The minimum atomic E-state index is -0.306. The number of hydrogen-bond donors (Lipinski definition) is 0. The second-order valence-corrected chi connectivity index (χ2v) is 9.75. The first-order chi connectivity index (χ1) is 14.2. The van der Waals surface area contributed by atoms with Crippen LogP contribution in [0.15, 0.2) is 45.3 Å². The van der Waals surface area contributed by atoms with Crippen molar-refractivity contribution in [1.29, 1.82) is 0 Å². The van der Waals surface area contributed by atoms with Gasteiger partial charge in [0.1, 0.15) is 5.01 Å². The summed E-state index contributed by atoms with van der Waals surface area (Å²) in [4.78, 5) is 31.0. The van der Waals surface area contributed by atoms with Crippen molar-refractivity contribution in [2.24, 2.45) is 19.5 Å². The van der Waals surface area contributed by atoms with Crippen molar-refractivity contribution < 1.29 is 0 Å². The molecule has 5 rings (SSSR count). The maximum Gasteiger partial charge on any atom is 0.331 e. The van der Waals surface area contributed by atoms with Crippen LogP contribution in [0.25, 0.3) is 22.2 Å². The Hall–Kier alpha value is -2.93. The Kier molecular flexibility index (Phi) is 3.99. The van der Waals surface area contributed by atoms with E-state index in [4.69, 9.17) is 4.98 Å². The highest BCUT2D eigenvalue weighted by atomic mass is 32.1. The molecule has 30 heavy (non-hydrogen) atoms. The number of fused-ring (bicyclic) bond motifs is 3. The van der Waals surface area contributed by atoms with Crippen LogP contribution in [0, 0.1) is 12.3 Å². The van der Waals surface area contributed by atoms with Crippen molar-refractivity contribution in [2.45, 2.75) is 33.2 Å². The van der Waals surface area contributed by atoms with E-state index in [9.17, 15) is 9.59 Å². The number of nitrogens with zero attached hydrogens (tertiary/aromatic N) is 4. The largest absolute Gasteiger partial charge is 0.341 e. The second kappa shape index (κ2) is 6.28. The summed E-state index contributed by atoms with van der Waals surface area (Å²) in [6.07, 6.45) is 0. The van der Waals surface area contributed by atoms with Crippen LogP contribution in [0.1, 0.15) is 36.2 Å². The summed E-state index contributed by atoms with van der Waals surface area (Å²) in [5.41, 5.74) is 3.95. The van der Waals surface area contributed by atoms with Crippen molar-refractivity contribution in [3.8, 4) is 11.3 Å². The van der Waals surface area contributed by atoms with E-state index in [1.165, 1.54) is 4.57 Å². The summed E-state index contributed by atoms with van der Waals surface area (Å²) in [7, 11) is 3.31. The Morgan fingerprint density at radius 2 is 1.80 bits per heavy atom. The molecule has 0 saturated carbocycles. The van der Waals surface area contributed by atoms with Crippen molar-refractivity contribution in [2.75, 3.05) is 0 Å². The van der Waals surface area contributed by atoms with Crippen LogP contribution in [0.2, 0.25) is 0 Å². The molecule has 4 heterocycles. The van der Waals surface area contributed by atoms with Crippen LogP contribution in [0.4, 0.5) is 0 Å². The lowest BCUT2D eigenvalue weighted by Crippen LogP contribution is -2.37. The fraction of sp³-hybridized carbons (Fsp3) is 0.348. The average Bonchev–Trinajstić information content (AvgIpc) is 3.34. The molecule has 4 aromatic rings. The van der Waals surface area contributed by atoms with Crippen LogP contribution in [-0.4, -0.2) is 18.7 Å². The zero-order valence-electron chi connectivity index (χ0n) is 17.8. The van der Waals surface area contributed by atoms with Gasteiger partial charge in [0.2, 0.25) is 0 Å². The number of thiazole rings is 1. The molecule has 0 bridgehead atoms. The first-order valence-electron chi connectivity index (χ1n) is 10.0. The van der Waals surface area contributed by atoms with E-state index in [1.54, 1.807) is 30.0 Å². The molecule has 1 atom stereocenters. The van der Waals surface area contributed by atoms with Crippen LogP contribution < -0.4 is 11.2 Å². The minimum absolute atomic E-state index is 0.00821. The predicted molar refractivity (Wildman–Crippen MR) is 120 cm³/mol. The van der Waals surface area contributed by atoms with Gasteiger partial charge in [0, 0.05) is 31.7 Å². The first-order valence-corrected chi connectivity index (χ1v) is 10.9. The Morgan fingerprint density at radius 3 is 2.43 bits per heavy atom. The van der Waals surface area contributed by atoms with Gasteiger partial charge in [-0.1, -0.05) is 44.2 Å². The summed E-state index contributed by atoms with van der Waals surface area (Å²) in [5.74, 6) is 0.00821. The molecule has 0 radical (unpaired) electrons. The van der Waals surface area contributed by atoms with Crippen molar-refractivity contribution in [3.63, 3.8) is 0 Å². The molecule has 1 unspecified atom stereocenters. The molecule has 154 valence electrons. The molecule has 6 nitrogen and oxygen atoms in total. The fourth-order valence-electron chi connectivity index (χ4n) is 4.92. The lowest BCUT2D eigenvalue weighted by molar-refractivity contribution is 0.323. The Labute approximate surface area is 178 Å². The molecule has 0 saturated heterocycles. The molecule has 1 aromatic carbocycles. The zero-order valence-corrected chi connectivity index (χ0v) is 18.6. The minimum Gasteiger partial charge on any atom is -0.341 e. The molecule has 0 fully saturated rings. The molecular weight excluding hydrogens is 396 g/mol. The van der Waals surface area contributed by atoms with Crippen molar-refractivity contribution in [3.05, 3.63) is 72.9 Å². The fourth-order valence-corrected chi connectivity index (χ4v) is 6.03. The lowest BCUT2D eigenvalue weighted by Gasteiger charge is -2.25. The van der Waals surface area contributed by atoms with E-state index in [0.717, 1.165) is 39.7 Å². The molecule has 0 amide bonds. The van der Waals surface area contributed by atoms with Crippen LogP contribution in [0.3, 0.4) is 0 Å². The van der Waals surface area contributed by atoms with Crippen molar-refractivity contribution in [1.82, 2.24) is 18.7 Å². The van der Waals surface area contributed by atoms with Crippen LogP contribution in [-0.2, 0) is 20.6 Å². The Bertz CT molecular complexity index is 1420. The third kappa shape index (κ3) is 2.45. The van der Waals surface area contributed by atoms with Gasteiger partial charge in [-0.25, -0.2) is 9.78 Å². The van der Waals surface area contributed by atoms with Gasteiger partial charge in [-0.3, -0.25) is 13.9 Å². The molecular formula is C23H24N4O2S. The van der Waals surface area contributed by atoms with Crippen molar-refractivity contribution >= 4 is 22.2 Å². The number of hydrogen-bond acceptors (Lipinski definition) is 4. The molecule has 0 spiro atoms. The highest BCUT2D eigenvalue weighted by Gasteiger charge is 2.46. The van der Waals surface area contributed by atoms with Gasteiger partial charge in [0.05, 0.1) is 28.2 Å². The molecule has 0 N–H and O–H groups in total. The predicted octanol–water partition coefficient (Wildman–Crippen LogP) is 3.64. The third-order valence-corrected chi connectivity index (χ3v) is 7.28. The van der Waals surface area contributed by atoms with E-state index in [2.05, 4.69) is 23.8 Å². The van der Waals surface area contributed by atoms with Gasteiger partial charge in [-0.15, -0.1) is 11.3 Å². The molecule has 7 heteroatoms. The lowest BCUT2D eigenvalue weighted by atomic mass is 9.79. The monoisotopic (exact) mass is 420 g/mol. The number of rotatable bonds is 2. The Morgan fingerprint density at radius 1 is 1.10 bits per heavy atom. The van der Waals surface area contributed by atoms with E-state index in [-0.39, 0.29) is 22.6 Å². The molecule has 1 aliphatic heterocycles. The highest BCUT2D eigenvalue weighted by Crippen LogP contribution is 2.53. The van der Waals surface area contributed by atoms with E-state index in [1.807, 2.05) is 37.3 Å². The summed E-state index contributed by atoms with van der Waals surface area (Å²) in [6.45, 7) is 7.23. The van der Waals surface area contributed by atoms with E-state index >= 15 is 0 Å². The molecule has 3 aromatic heterocycles. The van der Waals surface area contributed by atoms with Gasteiger partial charge in [0.15, 0.2) is 0 Å². The summed E-state index contributed by atoms with van der Waals surface area (Å²) in [5, 5.41) is 3.70. The molecule has 1 aliphatic rings. The number of benzene rings is 1. The quantitative estimate of drug-likeness (QED) is 0.497. The van der Waals surface area contributed by atoms with Gasteiger partial charge in [-0.05, 0) is 17.9 Å². The maximum atomic E-state index is 13.3. The number of aryl methyl sites for hydroxylation is 2. The van der Waals surface area contributed by atoms with Crippen LogP contribution >= 0.6 is 11.3 Å². The standard InChI is InChI=1S/C23H24N4O2S/c1-13-11-30-20(24-13)16-19-18-15(21(28)26(5)22(29)25(18)4)17(14-9-7-6-8-10-14)27(19)12-23(16,2)3/h6-11,16H,12H2,1-5H3. The molecule has 0 aliphatic carbocycles. The van der Waals surface area contributed by atoms with Gasteiger partial charge in [-0.2, -0.15) is 0 Å². The van der Waals surface area contributed by atoms with Gasteiger partial charge >= 0.3 is 5.69 Å². The summed E-state index contributed by atoms with van der Waals surface area (Å²) in [6, 6.07) is 9.99. The van der Waals surface area contributed by atoms with E-state index < -0.39 is 0 Å². The number of aromatic nitrogens is 4. The van der Waals surface area contributed by atoms with Gasteiger partial charge < -0.3 is 4.57 Å². The first kappa shape index (κ1) is 19.1. The van der Waals surface area contributed by atoms with Gasteiger partial charge in [0.25, 0.3) is 5.56 Å². The van der Waals surface area contributed by atoms with Crippen LogP contribution in [0.5, 0.6) is 0 Å². The topological polar surface area (TPSA) is 61.8 Å². The average molecular weight is 421 g/mol. The third-order valence-electron chi connectivity index (χ3n) is 6.26. The summed E-state index contributed by atoms with van der Waals surface area (Å²) >= 11 is 1.65. The maximum absolute atomic E-state index is 13.3. The normalized spacial score (nSPS) is 17.6. The Balaban J connectivity index is 1.99. The smallest absolute Gasteiger partial charge is 0.331 e. The second-order valence-electron chi connectivity index (χ2n) is 8.86. The van der Waals surface area contributed by atoms with E-state index in [0.29, 0.717) is 5.39 Å². The highest BCUT2D eigenvalue weighted by molar-refractivity contribution is 7.09. The SMILES string of the molecule is Cc1csc(C2c3c4c(c(-c5ccccc5)n3CC2(C)C)c(=O)n(C)c(=O)n4C)n1. The zero-order chi connectivity index (χ0) is 21.4. The summed E-state index contributed by atoms with van der Waals surface area (Å²) < 4.78 is 5.09.